The average molecular weight is 508 g/mol. The number of anilines is 1. The highest BCUT2D eigenvalue weighted by atomic mass is 32.2. The van der Waals surface area contributed by atoms with E-state index in [1.165, 1.54) is 34.9 Å². The van der Waals surface area contributed by atoms with Crippen LogP contribution in [0.1, 0.15) is 19.5 Å². The largest absolute Gasteiger partial charge is 0.494 e. The number of rotatable bonds is 9. The molecule has 168 valence electrons. The monoisotopic (exact) mass is 507 g/mol. The first kappa shape index (κ1) is 23.1. The first-order chi connectivity index (χ1) is 15.6. The maximum Gasteiger partial charge on any atom is 0.272 e. The Morgan fingerprint density at radius 3 is 2.78 bits per heavy atom. The van der Waals surface area contributed by atoms with Crippen molar-refractivity contribution in [3.05, 3.63) is 40.3 Å². The van der Waals surface area contributed by atoms with Crippen molar-refractivity contribution < 1.29 is 9.53 Å². The Balaban J connectivity index is 1.55. The van der Waals surface area contributed by atoms with E-state index in [1.54, 1.807) is 16.3 Å². The minimum Gasteiger partial charge on any atom is -0.494 e. The van der Waals surface area contributed by atoms with Gasteiger partial charge in [0.1, 0.15) is 5.75 Å². The van der Waals surface area contributed by atoms with Crippen molar-refractivity contribution in [3.8, 4) is 11.4 Å². The smallest absolute Gasteiger partial charge is 0.272 e. The van der Waals surface area contributed by atoms with Crippen LogP contribution in [0.4, 0.5) is 5.13 Å². The molecule has 1 amide bonds. The van der Waals surface area contributed by atoms with E-state index in [2.05, 4.69) is 15.5 Å². The molecule has 1 N–H and O–H groups in total. The maximum absolute atomic E-state index is 13.2. The van der Waals surface area contributed by atoms with Crippen LogP contribution in [0.3, 0.4) is 0 Å². The van der Waals surface area contributed by atoms with E-state index in [1.807, 2.05) is 38.1 Å². The molecule has 0 radical (unpaired) electrons. The maximum atomic E-state index is 13.2. The van der Waals surface area contributed by atoms with E-state index >= 15 is 0 Å². The fourth-order valence-corrected chi connectivity index (χ4v) is 6.52. The standard InChI is InChI=1S/C20H21N5O3S4/c1-3-28-13-7-5-12(6-8-13)25-17(27)16-14(9-10-30-16)21-19(25)31-11-15(26)22-18-23-24-20(32-18)29-4-2/h5-8H,3-4,9-11H2,1-2H3,(H,22,23,26). The van der Waals surface area contributed by atoms with Crippen LogP contribution in [0.25, 0.3) is 5.69 Å². The molecule has 12 heteroatoms. The molecule has 0 saturated carbocycles. The molecule has 32 heavy (non-hydrogen) atoms. The van der Waals surface area contributed by atoms with Gasteiger partial charge in [0.05, 0.1) is 28.6 Å². The molecule has 1 aliphatic rings. The Morgan fingerprint density at radius 1 is 1.22 bits per heavy atom. The zero-order valence-corrected chi connectivity index (χ0v) is 20.8. The lowest BCUT2D eigenvalue weighted by atomic mass is 10.3. The molecular formula is C20H21N5O3S4. The van der Waals surface area contributed by atoms with Crippen molar-refractivity contribution in [2.24, 2.45) is 0 Å². The van der Waals surface area contributed by atoms with E-state index in [-0.39, 0.29) is 17.2 Å². The Labute approximate surface area is 202 Å². The van der Waals surface area contributed by atoms with Gasteiger partial charge in [-0.05, 0) is 36.9 Å². The lowest BCUT2D eigenvalue weighted by Gasteiger charge is -2.14. The molecule has 0 fully saturated rings. The van der Waals surface area contributed by atoms with Gasteiger partial charge >= 0.3 is 0 Å². The summed E-state index contributed by atoms with van der Waals surface area (Å²) in [6.07, 6.45) is 0.752. The molecule has 2 aromatic heterocycles. The highest BCUT2D eigenvalue weighted by molar-refractivity contribution is 8.01. The molecule has 1 aliphatic heterocycles. The van der Waals surface area contributed by atoms with Crippen LogP contribution in [0.15, 0.2) is 43.5 Å². The number of nitrogens with one attached hydrogen (secondary N) is 1. The van der Waals surface area contributed by atoms with Gasteiger partial charge in [-0.25, -0.2) is 4.98 Å². The van der Waals surface area contributed by atoms with Gasteiger partial charge in [0, 0.05) is 12.2 Å². The van der Waals surface area contributed by atoms with E-state index in [9.17, 15) is 9.59 Å². The number of carbonyl (C=O) groups excluding carboxylic acids is 1. The second-order valence-corrected chi connectivity index (χ2v) is 11.0. The second-order valence-electron chi connectivity index (χ2n) is 6.48. The number of ether oxygens (including phenoxy) is 1. The first-order valence-electron chi connectivity index (χ1n) is 10.00. The lowest BCUT2D eigenvalue weighted by Crippen LogP contribution is -2.24. The summed E-state index contributed by atoms with van der Waals surface area (Å²) >= 11 is 5.69. The number of nitrogens with zero attached hydrogens (tertiary/aromatic N) is 4. The van der Waals surface area contributed by atoms with E-state index < -0.39 is 0 Å². The summed E-state index contributed by atoms with van der Waals surface area (Å²) < 4.78 is 7.90. The summed E-state index contributed by atoms with van der Waals surface area (Å²) in [4.78, 5) is 31.1. The van der Waals surface area contributed by atoms with Crippen molar-refractivity contribution in [1.82, 2.24) is 19.7 Å². The first-order valence-corrected chi connectivity index (χ1v) is 13.8. The number of hydrogen-bond donors (Lipinski definition) is 1. The predicted molar refractivity (Wildman–Crippen MR) is 131 cm³/mol. The molecule has 8 nitrogen and oxygen atoms in total. The summed E-state index contributed by atoms with van der Waals surface area (Å²) in [5, 5.41) is 11.8. The Morgan fingerprint density at radius 2 is 2.03 bits per heavy atom. The second kappa shape index (κ2) is 10.7. The van der Waals surface area contributed by atoms with Crippen molar-refractivity contribution >= 4 is 57.7 Å². The third kappa shape index (κ3) is 5.30. The minimum absolute atomic E-state index is 0.102. The highest BCUT2D eigenvalue weighted by Crippen LogP contribution is 2.30. The SMILES string of the molecule is CCOc1ccc(-n2c(SCC(=O)Nc3nnc(SCC)s3)nc3c(c2=O)SCC3)cc1. The van der Waals surface area contributed by atoms with Crippen LogP contribution in [-0.4, -0.2) is 49.5 Å². The number of hydrogen-bond acceptors (Lipinski definition) is 10. The molecule has 4 rings (SSSR count). The molecule has 3 heterocycles. The van der Waals surface area contributed by atoms with Crippen LogP contribution < -0.4 is 15.6 Å². The van der Waals surface area contributed by atoms with Crippen molar-refractivity contribution in [3.63, 3.8) is 0 Å². The number of fused-ring (bicyclic) bond motifs is 1. The Bertz CT molecular complexity index is 1160. The minimum atomic E-state index is -0.221. The van der Waals surface area contributed by atoms with Crippen LogP contribution in [0, 0.1) is 0 Å². The molecule has 0 spiro atoms. The zero-order valence-electron chi connectivity index (χ0n) is 17.5. The van der Waals surface area contributed by atoms with Gasteiger partial charge < -0.3 is 4.74 Å². The molecule has 0 atom stereocenters. The van der Waals surface area contributed by atoms with Gasteiger partial charge in [-0.2, -0.15) is 0 Å². The van der Waals surface area contributed by atoms with Gasteiger partial charge in [0.25, 0.3) is 5.56 Å². The quantitative estimate of drug-likeness (QED) is 0.262. The summed E-state index contributed by atoms with van der Waals surface area (Å²) in [5.74, 6) is 2.35. The normalized spacial score (nSPS) is 12.6. The Kier molecular flexibility index (Phi) is 7.76. The van der Waals surface area contributed by atoms with Crippen molar-refractivity contribution in [1.29, 1.82) is 0 Å². The number of aryl methyl sites for hydroxylation is 1. The summed E-state index contributed by atoms with van der Waals surface area (Å²) in [5.41, 5.74) is 1.39. The third-order valence-electron chi connectivity index (χ3n) is 4.33. The zero-order chi connectivity index (χ0) is 22.5. The number of amides is 1. The number of thioether (sulfide) groups is 3. The van der Waals surface area contributed by atoms with E-state index in [4.69, 9.17) is 9.72 Å². The topological polar surface area (TPSA) is 99.0 Å². The van der Waals surface area contributed by atoms with Gasteiger partial charge in [-0.15, -0.1) is 22.0 Å². The van der Waals surface area contributed by atoms with Crippen molar-refractivity contribution in [2.75, 3.05) is 29.2 Å². The lowest BCUT2D eigenvalue weighted by molar-refractivity contribution is -0.113. The van der Waals surface area contributed by atoms with Gasteiger partial charge in [0.15, 0.2) is 9.50 Å². The molecule has 0 unspecified atom stereocenters. The number of aromatic nitrogens is 4. The molecule has 0 saturated heterocycles. The summed E-state index contributed by atoms with van der Waals surface area (Å²) in [6.45, 7) is 4.53. The molecule has 0 aliphatic carbocycles. The summed E-state index contributed by atoms with van der Waals surface area (Å²) in [6, 6.07) is 7.32. The van der Waals surface area contributed by atoms with Gasteiger partial charge in [-0.3, -0.25) is 19.5 Å². The van der Waals surface area contributed by atoms with Gasteiger partial charge in [0.2, 0.25) is 11.0 Å². The van der Waals surface area contributed by atoms with Crippen LogP contribution in [0.2, 0.25) is 0 Å². The van der Waals surface area contributed by atoms with Crippen LogP contribution >= 0.6 is 46.6 Å². The summed E-state index contributed by atoms with van der Waals surface area (Å²) in [7, 11) is 0. The molecule has 0 bridgehead atoms. The van der Waals surface area contributed by atoms with Crippen LogP contribution in [0.5, 0.6) is 5.75 Å². The molecule has 1 aromatic carbocycles. The fourth-order valence-electron chi connectivity index (χ4n) is 3.00. The van der Waals surface area contributed by atoms with E-state index in [0.29, 0.717) is 27.5 Å². The van der Waals surface area contributed by atoms with E-state index in [0.717, 1.165) is 33.7 Å². The number of carbonyl (C=O) groups is 1. The predicted octanol–water partition coefficient (Wildman–Crippen LogP) is 3.97. The fraction of sp³-hybridized carbons (Fsp3) is 0.350. The highest BCUT2D eigenvalue weighted by Gasteiger charge is 2.23. The average Bonchev–Trinajstić information content (AvgIpc) is 3.43. The third-order valence-corrected chi connectivity index (χ3v) is 8.23. The van der Waals surface area contributed by atoms with Crippen LogP contribution in [-0.2, 0) is 11.2 Å². The Hall–Kier alpha value is -2.02. The molecular weight excluding hydrogens is 487 g/mol. The number of benzene rings is 1. The van der Waals surface area contributed by atoms with Gasteiger partial charge in [-0.1, -0.05) is 41.8 Å². The molecule has 3 aromatic rings. The van der Waals surface area contributed by atoms with Crippen molar-refractivity contribution in [2.45, 2.75) is 34.7 Å².